The van der Waals surface area contributed by atoms with Crippen LogP contribution in [0.5, 0.6) is 0 Å². The van der Waals surface area contributed by atoms with Crippen LogP contribution in [0.15, 0.2) is 33.6 Å². The summed E-state index contributed by atoms with van der Waals surface area (Å²) in [6, 6.07) is 7.04. The highest BCUT2D eigenvalue weighted by atomic mass is 79.9. The van der Waals surface area contributed by atoms with Crippen LogP contribution in [0, 0.1) is 5.41 Å². The van der Waals surface area contributed by atoms with Crippen LogP contribution in [-0.4, -0.2) is 26.8 Å². The van der Waals surface area contributed by atoms with E-state index in [1.54, 1.807) is 18.2 Å². The zero-order valence-corrected chi connectivity index (χ0v) is 14.6. The summed E-state index contributed by atoms with van der Waals surface area (Å²) in [4.78, 5) is 0.412. The lowest BCUT2D eigenvalue weighted by Gasteiger charge is -2.40. The molecule has 0 amide bonds. The van der Waals surface area contributed by atoms with E-state index in [0.29, 0.717) is 11.3 Å². The average molecular weight is 360 g/mol. The molecule has 2 rings (SSSR count). The Bertz CT molecular complexity index is 583. The highest BCUT2D eigenvalue weighted by Crippen LogP contribution is 2.40. The third-order valence-electron chi connectivity index (χ3n) is 4.23. The van der Waals surface area contributed by atoms with Gasteiger partial charge >= 0.3 is 0 Å². The maximum absolute atomic E-state index is 12.9. The van der Waals surface area contributed by atoms with Gasteiger partial charge in [0.2, 0.25) is 0 Å². The number of halogens is 1. The second-order valence-corrected chi connectivity index (χ2v) is 9.43. The smallest absolute Gasteiger partial charge is 0.182 e. The van der Waals surface area contributed by atoms with E-state index in [1.165, 1.54) is 0 Å². The van der Waals surface area contributed by atoms with E-state index >= 15 is 0 Å². The Hall–Kier alpha value is -0.390. The van der Waals surface area contributed by atoms with Crippen LogP contribution >= 0.6 is 15.9 Å². The topological polar surface area (TPSA) is 46.2 Å². The number of benzene rings is 1. The summed E-state index contributed by atoms with van der Waals surface area (Å²) in [5.41, 5.74) is 0.0805. The monoisotopic (exact) mass is 359 g/mol. The van der Waals surface area contributed by atoms with Crippen molar-refractivity contribution in [2.24, 2.45) is 5.41 Å². The van der Waals surface area contributed by atoms with E-state index in [1.807, 2.05) is 13.1 Å². The molecule has 1 aliphatic carbocycles. The Morgan fingerprint density at radius 1 is 1.35 bits per heavy atom. The van der Waals surface area contributed by atoms with E-state index in [9.17, 15) is 8.42 Å². The minimum Gasteiger partial charge on any atom is -0.316 e. The van der Waals surface area contributed by atoms with Crippen LogP contribution in [-0.2, 0) is 9.84 Å². The summed E-state index contributed by atoms with van der Waals surface area (Å²) in [5.74, 6) is 0. The molecule has 1 saturated carbocycles. The van der Waals surface area contributed by atoms with Crippen molar-refractivity contribution < 1.29 is 8.42 Å². The Morgan fingerprint density at radius 3 is 2.65 bits per heavy atom. The molecular weight excluding hydrogens is 338 g/mol. The first-order valence-electron chi connectivity index (χ1n) is 6.93. The van der Waals surface area contributed by atoms with Crippen molar-refractivity contribution in [3.8, 4) is 0 Å². The van der Waals surface area contributed by atoms with E-state index in [-0.39, 0.29) is 16.7 Å². The molecule has 1 aromatic carbocycles. The van der Waals surface area contributed by atoms with Crippen molar-refractivity contribution in [3.05, 3.63) is 28.7 Å². The van der Waals surface area contributed by atoms with Crippen molar-refractivity contribution >= 4 is 25.8 Å². The average Bonchev–Trinajstić information content (AvgIpc) is 2.38. The van der Waals surface area contributed by atoms with Gasteiger partial charge in [-0.05, 0) is 49.9 Å². The van der Waals surface area contributed by atoms with Crippen LogP contribution in [0.2, 0.25) is 0 Å². The standard InChI is InChI=1S/C15H22BrNO2S/c1-15(2)8-7-13(17-3)14(10-15)20(18,19)12-6-4-5-11(16)9-12/h4-6,9,13-14,17H,7-8,10H2,1-3H3. The molecule has 2 atom stereocenters. The number of hydrogen-bond acceptors (Lipinski definition) is 3. The Morgan fingerprint density at radius 2 is 2.05 bits per heavy atom. The fourth-order valence-corrected chi connectivity index (χ4v) is 5.83. The van der Waals surface area contributed by atoms with Gasteiger partial charge in [0, 0.05) is 10.5 Å². The first-order valence-corrected chi connectivity index (χ1v) is 9.27. The summed E-state index contributed by atoms with van der Waals surface area (Å²) in [6.45, 7) is 4.31. The van der Waals surface area contributed by atoms with Gasteiger partial charge in [-0.1, -0.05) is 35.8 Å². The van der Waals surface area contributed by atoms with Crippen LogP contribution < -0.4 is 5.32 Å². The quantitative estimate of drug-likeness (QED) is 0.899. The van der Waals surface area contributed by atoms with Crippen LogP contribution in [0.1, 0.15) is 33.1 Å². The van der Waals surface area contributed by atoms with Crippen molar-refractivity contribution in [1.82, 2.24) is 5.32 Å². The molecule has 3 nitrogen and oxygen atoms in total. The zero-order valence-electron chi connectivity index (χ0n) is 12.2. The SMILES string of the molecule is CNC1CCC(C)(C)CC1S(=O)(=O)c1cccc(Br)c1. The molecule has 20 heavy (non-hydrogen) atoms. The number of nitrogens with one attached hydrogen (secondary N) is 1. The van der Waals surface area contributed by atoms with Crippen molar-refractivity contribution in [2.45, 2.75) is 49.3 Å². The molecule has 0 aromatic heterocycles. The second kappa shape index (κ2) is 5.78. The Labute approximate surface area is 130 Å². The first-order chi connectivity index (χ1) is 9.26. The maximum atomic E-state index is 12.9. The van der Waals surface area contributed by atoms with Crippen LogP contribution in [0.25, 0.3) is 0 Å². The van der Waals surface area contributed by atoms with E-state index in [4.69, 9.17) is 0 Å². The van der Waals surface area contributed by atoms with Gasteiger partial charge in [0.15, 0.2) is 9.84 Å². The van der Waals surface area contributed by atoms with Crippen molar-refractivity contribution in [2.75, 3.05) is 7.05 Å². The second-order valence-electron chi connectivity index (χ2n) is 6.34. The van der Waals surface area contributed by atoms with E-state index in [2.05, 4.69) is 35.1 Å². The Kier molecular flexibility index (Phi) is 4.62. The normalized spacial score (nSPS) is 26.4. The minimum absolute atomic E-state index is 0.0343. The third-order valence-corrected chi connectivity index (χ3v) is 6.93. The predicted molar refractivity (Wildman–Crippen MR) is 85.6 cm³/mol. The van der Waals surface area contributed by atoms with Gasteiger partial charge in [-0.2, -0.15) is 0 Å². The predicted octanol–water partition coefficient (Wildman–Crippen LogP) is 3.39. The molecule has 1 N–H and O–H groups in total. The fraction of sp³-hybridized carbons (Fsp3) is 0.600. The first kappa shape index (κ1) is 16.0. The van der Waals surface area contributed by atoms with Crippen molar-refractivity contribution in [1.29, 1.82) is 0 Å². The fourth-order valence-electron chi connectivity index (χ4n) is 3.00. The lowest BCUT2D eigenvalue weighted by atomic mass is 9.75. The molecule has 0 heterocycles. The third kappa shape index (κ3) is 3.26. The number of hydrogen-bond donors (Lipinski definition) is 1. The van der Waals surface area contributed by atoms with Gasteiger partial charge in [0.05, 0.1) is 10.1 Å². The zero-order chi connectivity index (χ0) is 15.0. The molecule has 2 unspecified atom stereocenters. The highest BCUT2D eigenvalue weighted by Gasteiger charge is 2.42. The largest absolute Gasteiger partial charge is 0.316 e. The molecule has 5 heteroatoms. The summed E-state index contributed by atoms with van der Waals surface area (Å²) >= 11 is 3.35. The van der Waals surface area contributed by atoms with E-state index in [0.717, 1.165) is 17.3 Å². The molecule has 112 valence electrons. The Balaban J connectivity index is 2.40. The van der Waals surface area contributed by atoms with Gasteiger partial charge in [0.25, 0.3) is 0 Å². The summed E-state index contributed by atoms with van der Waals surface area (Å²) in [6.07, 6.45) is 2.66. The molecule has 1 aliphatic rings. The molecule has 0 bridgehead atoms. The molecule has 0 saturated heterocycles. The molecule has 1 aromatic rings. The molecule has 0 aliphatic heterocycles. The van der Waals surface area contributed by atoms with Crippen LogP contribution in [0.3, 0.4) is 0 Å². The lowest BCUT2D eigenvalue weighted by molar-refractivity contribution is 0.213. The van der Waals surface area contributed by atoms with Gasteiger partial charge in [-0.3, -0.25) is 0 Å². The van der Waals surface area contributed by atoms with Crippen molar-refractivity contribution in [3.63, 3.8) is 0 Å². The minimum atomic E-state index is -3.31. The van der Waals surface area contributed by atoms with Gasteiger partial charge in [0.1, 0.15) is 0 Å². The van der Waals surface area contributed by atoms with Gasteiger partial charge < -0.3 is 5.32 Å². The number of rotatable bonds is 3. The lowest BCUT2D eigenvalue weighted by Crippen LogP contribution is -2.48. The molecule has 0 spiro atoms. The van der Waals surface area contributed by atoms with E-state index < -0.39 is 9.84 Å². The highest BCUT2D eigenvalue weighted by molar-refractivity contribution is 9.10. The molecular formula is C15H22BrNO2S. The molecule has 1 fully saturated rings. The summed E-state index contributed by atoms with van der Waals surface area (Å²) < 4.78 is 26.7. The van der Waals surface area contributed by atoms with Gasteiger partial charge in [-0.25, -0.2) is 8.42 Å². The summed E-state index contributed by atoms with van der Waals surface area (Å²) in [7, 11) is -1.46. The molecule has 0 radical (unpaired) electrons. The van der Waals surface area contributed by atoms with Crippen LogP contribution in [0.4, 0.5) is 0 Å². The van der Waals surface area contributed by atoms with Gasteiger partial charge in [-0.15, -0.1) is 0 Å². The number of sulfone groups is 1. The maximum Gasteiger partial charge on any atom is 0.182 e. The summed E-state index contributed by atoms with van der Waals surface area (Å²) in [5, 5.41) is 2.84.